The van der Waals surface area contributed by atoms with Crippen molar-refractivity contribution in [1.29, 1.82) is 0 Å². The van der Waals surface area contributed by atoms with Crippen LogP contribution in [-0.4, -0.2) is 23.1 Å². The fourth-order valence-electron chi connectivity index (χ4n) is 2.65. The lowest BCUT2D eigenvalue weighted by Crippen LogP contribution is -2.40. The van der Waals surface area contributed by atoms with E-state index in [0.29, 0.717) is 16.5 Å². The second-order valence-corrected chi connectivity index (χ2v) is 5.89. The van der Waals surface area contributed by atoms with E-state index in [1.165, 1.54) is 0 Å². The first kappa shape index (κ1) is 16.3. The van der Waals surface area contributed by atoms with Crippen LogP contribution >= 0.6 is 11.6 Å². The summed E-state index contributed by atoms with van der Waals surface area (Å²) in [5.74, 6) is -0.143. The maximum atomic E-state index is 12.1. The fraction of sp³-hybridized carbons (Fsp3) is 0.176. The van der Waals surface area contributed by atoms with E-state index in [9.17, 15) is 9.59 Å². The Labute approximate surface area is 143 Å². The van der Waals surface area contributed by atoms with Gasteiger partial charge in [-0.15, -0.1) is 0 Å². The number of hydrogen-bond donors (Lipinski definition) is 3. The summed E-state index contributed by atoms with van der Waals surface area (Å²) >= 11 is 5.84. The Morgan fingerprint density at radius 2 is 1.96 bits per heavy atom. The molecule has 0 unspecified atom stereocenters. The molecular weight excluding hydrogens is 332 g/mol. The molecule has 1 heterocycles. The quantitative estimate of drug-likeness (QED) is 0.586. The van der Waals surface area contributed by atoms with Crippen LogP contribution in [0.1, 0.15) is 17.9 Å². The van der Waals surface area contributed by atoms with Crippen LogP contribution in [0, 0.1) is 0 Å². The molecule has 0 radical (unpaired) electrons. The van der Waals surface area contributed by atoms with E-state index in [2.05, 4.69) is 5.32 Å². The van der Waals surface area contributed by atoms with Crippen molar-refractivity contribution in [3.8, 4) is 11.5 Å². The molecule has 2 atom stereocenters. The van der Waals surface area contributed by atoms with Gasteiger partial charge in [0.05, 0.1) is 5.92 Å². The Kier molecular flexibility index (Phi) is 4.69. The van der Waals surface area contributed by atoms with Gasteiger partial charge in [0.1, 0.15) is 17.5 Å². The molecule has 3 rings (SSSR count). The molecule has 6 nitrogen and oxygen atoms in total. The Balaban J connectivity index is 1.77. The number of carbonyl (C=O) groups is 2. The minimum absolute atomic E-state index is 0.257. The SMILES string of the molecule is O=C1N[C@@H](C(=O)NO)C[C@H]1c1cccc(Oc2ccc(Cl)cc2)c1. The third-order valence-corrected chi connectivity index (χ3v) is 4.09. The highest BCUT2D eigenvalue weighted by molar-refractivity contribution is 6.30. The minimum atomic E-state index is -0.742. The molecule has 1 aliphatic heterocycles. The molecule has 2 aromatic carbocycles. The molecule has 0 bridgehead atoms. The molecule has 0 saturated carbocycles. The van der Waals surface area contributed by atoms with Crippen molar-refractivity contribution in [1.82, 2.24) is 10.8 Å². The van der Waals surface area contributed by atoms with E-state index >= 15 is 0 Å². The summed E-state index contributed by atoms with van der Waals surface area (Å²) in [4.78, 5) is 23.5. The summed E-state index contributed by atoms with van der Waals surface area (Å²) in [5.41, 5.74) is 2.30. The Morgan fingerprint density at radius 1 is 1.21 bits per heavy atom. The van der Waals surface area contributed by atoms with Gasteiger partial charge < -0.3 is 10.1 Å². The van der Waals surface area contributed by atoms with Gasteiger partial charge in [0.2, 0.25) is 5.91 Å². The van der Waals surface area contributed by atoms with Crippen LogP contribution in [0.15, 0.2) is 48.5 Å². The minimum Gasteiger partial charge on any atom is -0.457 e. The summed E-state index contributed by atoms with van der Waals surface area (Å²) in [6.07, 6.45) is 0.273. The first-order valence-corrected chi connectivity index (χ1v) is 7.72. The number of rotatable bonds is 4. The molecule has 1 aliphatic rings. The zero-order valence-electron chi connectivity index (χ0n) is 12.5. The van der Waals surface area contributed by atoms with E-state index in [4.69, 9.17) is 21.5 Å². The average molecular weight is 347 g/mol. The second kappa shape index (κ2) is 6.90. The van der Waals surface area contributed by atoms with Crippen LogP contribution in [0.3, 0.4) is 0 Å². The third kappa shape index (κ3) is 3.50. The van der Waals surface area contributed by atoms with Gasteiger partial charge in [-0.25, -0.2) is 5.48 Å². The normalized spacial score (nSPS) is 19.7. The number of amides is 2. The molecule has 3 N–H and O–H groups in total. The van der Waals surface area contributed by atoms with Crippen molar-refractivity contribution in [2.75, 3.05) is 0 Å². The van der Waals surface area contributed by atoms with Crippen LogP contribution in [0.4, 0.5) is 0 Å². The number of hydroxylamine groups is 1. The third-order valence-electron chi connectivity index (χ3n) is 3.84. The predicted molar refractivity (Wildman–Crippen MR) is 87.2 cm³/mol. The van der Waals surface area contributed by atoms with Gasteiger partial charge in [0, 0.05) is 5.02 Å². The number of hydrogen-bond acceptors (Lipinski definition) is 4. The lowest BCUT2D eigenvalue weighted by atomic mass is 9.95. The van der Waals surface area contributed by atoms with Crippen molar-refractivity contribution in [2.24, 2.45) is 0 Å². The predicted octanol–water partition coefficient (Wildman–Crippen LogP) is 2.61. The van der Waals surface area contributed by atoms with E-state index in [-0.39, 0.29) is 12.3 Å². The topological polar surface area (TPSA) is 87.7 Å². The van der Waals surface area contributed by atoms with Gasteiger partial charge in [0.25, 0.3) is 5.91 Å². The maximum Gasteiger partial charge on any atom is 0.265 e. The van der Waals surface area contributed by atoms with Crippen LogP contribution in [0.25, 0.3) is 0 Å². The second-order valence-electron chi connectivity index (χ2n) is 5.45. The molecule has 7 heteroatoms. The summed E-state index contributed by atoms with van der Waals surface area (Å²) < 4.78 is 5.75. The molecule has 0 spiro atoms. The van der Waals surface area contributed by atoms with Gasteiger partial charge >= 0.3 is 0 Å². The molecule has 24 heavy (non-hydrogen) atoms. The molecule has 1 saturated heterocycles. The zero-order chi connectivity index (χ0) is 17.1. The highest BCUT2D eigenvalue weighted by Gasteiger charge is 2.36. The van der Waals surface area contributed by atoms with Crippen molar-refractivity contribution in [2.45, 2.75) is 18.4 Å². The summed E-state index contributed by atoms with van der Waals surface area (Å²) in [7, 11) is 0. The molecule has 0 aromatic heterocycles. The average Bonchev–Trinajstić information content (AvgIpc) is 2.98. The molecule has 0 aliphatic carbocycles. The fourth-order valence-corrected chi connectivity index (χ4v) is 2.77. The lowest BCUT2D eigenvalue weighted by molar-refractivity contribution is -0.132. The van der Waals surface area contributed by atoms with Crippen LogP contribution < -0.4 is 15.5 Å². The summed E-state index contributed by atoms with van der Waals surface area (Å²) in [6, 6.07) is 13.3. The molecule has 2 aromatic rings. The highest BCUT2D eigenvalue weighted by Crippen LogP contribution is 2.31. The van der Waals surface area contributed by atoms with E-state index in [1.54, 1.807) is 54.0 Å². The molecule has 124 valence electrons. The van der Waals surface area contributed by atoms with Crippen LogP contribution in [0.2, 0.25) is 5.02 Å². The monoisotopic (exact) mass is 346 g/mol. The number of benzene rings is 2. The van der Waals surface area contributed by atoms with Gasteiger partial charge in [-0.1, -0.05) is 23.7 Å². The highest BCUT2D eigenvalue weighted by atomic mass is 35.5. The molecule has 1 fully saturated rings. The summed E-state index contributed by atoms with van der Waals surface area (Å²) in [5, 5.41) is 11.9. The van der Waals surface area contributed by atoms with Crippen molar-refractivity contribution in [3.63, 3.8) is 0 Å². The van der Waals surface area contributed by atoms with Gasteiger partial charge in [-0.05, 0) is 48.4 Å². The maximum absolute atomic E-state index is 12.1. The number of nitrogens with one attached hydrogen (secondary N) is 2. The van der Waals surface area contributed by atoms with Crippen molar-refractivity contribution in [3.05, 3.63) is 59.1 Å². The standard InChI is InChI=1S/C17H15ClN2O4/c18-11-4-6-12(7-5-11)24-13-3-1-2-10(8-13)14-9-15(17(22)20-23)19-16(14)21/h1-8,14-15,23H,9H2,(H,19,21)(H,20,22)/t14-,15+/m0/s1. The van der Waals surface area contributed by atoms with Crippen LogP contribution in [-0.2, 0) is 9.59 Å². The van der Waals surface area contributed by atoms with Crippen molar-refractivity contribution >= 4 is 23.4 Å². The molecular formula is C17H15ClN2O4. The van der Waals surface area contributed by atoms with Gasteiger partial charge in [0.15, 0.2) is 0 Å². The Hall–Kier alpha value is -2.57. The van der Waals surface area contributed by atoms with Gasteiger partial charge in [-0.2, -0.15) is 0 Å². The zero-order valence-corrected chi connectivity index (χ0v) is 13.3. The number of carbonyl (C=O) groups excluding carboxylic acids is 2. The number of ether oxygens (including phenoxy) is 1. The number of halogens is 1. The van der Waals surface area contributed by atoms with E-state index in [1.807, 2.05) is 0 Å². The Bertz CT molecular complexity index is 763. The summed E-state index contributed by atoms with van der Waals surface area (Å²) in [6.45, 7) is 0. The Morgan fingerprint density at radius 3 is 2.67 bits per heavy atom. The van der Waals surface area contributed by atoms with E-state index in [0.717, 1.165) is 5.56 Å². The van der Waals surface area contributed by atoms with Gasteiger partial charge in [-0.3, -0.25) is 14.8 Å². The van der Waals surface area contributed by atoms with Crippen LogP contribution in [0.5, 0.6) is 11.5 Å². The smallest absolute Gasteiger partial charge is 0.265 e. The largest absolute Gasteiger partial charge is 0.457 e. The molecule has 2 amide bonds. The lowest BCUT2D eigenvalue weighted by Gasteiger charge is -2.11. The van der Waals surface area contributed by atoms with Crippen molar-refractivity contribution < 1.29 is 19.5 Å². The first-order chi connectivity index (χ1) is 11.6. The van der Waals surface area contributed by atoms with E-state index < -0.39 is 17.9 Å². The first-order valence-electron chi connectivity index (χ1n) is 7.34.